The molecule has 4 heteroatoms. The van der Waals surface area contributed by atoms with E-state index in [1.54, 1.807) is 30.3 Å². The summed E-state index contributed by atoms with van der Waals surface area (Å²) < 4.78 is 4.70. The van der Waals surface area contributed by atoms with Crippen LogP contribution in [0.4, 0.5) is 0 Å². The Morgan fingerprint density at radius 2 is 1.52 bits per heavy atom. The fraction of sp³-hybridized carbons (Fsp3) is 0.0588. The normalized spacial score (nSPS) is 10.8. The summed E-state index contributed by atoms with van der Waals surface area (Å²) in [6.07, 6.45) is 1.58. The van der Waals surface area contributed by atoms with Crippen molar-refractivity contribution in [3.63, 3.8) is 0 Å². The van der Waals surface area contributed by atoms with Crippen molar-refractivity contribution in [3.05, 3.63) is 77.5 Å². The monoisotopic (exact) mass is 281 g/mol. The zero-order chi connectivity index (χ0) is 15.1. The SMILES string of the molecule is COC(=O)/C(=C\c1ccccc1)NC(=O)c1ccccc1. The van der Waals surface area contributed by atoms with Crippen LogP contribution in [0.25, 0.3) is 6.08 Å². The molecule has 0 unspecified atom stereocenters. The number of carbonyl (C=O) groups is 2. The number of carbonyl (C=O) groups excluding carboxylic acids is 2. The molecule has 0 aliphatic heterocycles. The molecule has 0 spiro atoms. The number of esters is 1. The fourth-order valence-corrected chi connectivity index (χ4v) is 1.76. The average Bonchev–Trinajstić information content (AvgIpc) is 2.55. The van der Waals surface area contributed by atoms with Gasteiger partial charge in [0, 0.05) is 5.56 Å². The highest BCUT2D eigenvalue weighted by Crippen LogP contribution is 2.07. The molecule has 0 aliphatic rings. The van der Waals surface area contributed by atoms with E-state index in [2.05, 4.69) is 5.32 Å². The van der Waals surface area contributed by atoms with E-state index in [4.69, 9.17) is 4.74 Å². The molecule has 0 radical (unpaired) electrons. The number of nitrogens with one attached hydrogen (secondary N) is 1. The molecule has 21 heavy (non-hydrogen) atoms. The fourth-order valence-electron chi connectivity index (χ4n) is 1.76. The summed E-state index contributed by atoms with van der Waals surface area (Å²) in [5.41, 5.74) is 1.36. The Morgan fingerprint density at radius 3 is 2.10 bits per heavy atom. The van der Waals surface area contributed by atoms with Crippen molar-refractivity contribution < 1.29 is 14.3 Å². The summed E-state index contributed by atoms with van der Waals surface area (Å²) in [5, 5.41) is 2.58. The van der Waals surface area contributed by atoms with Crippen LogP contribution >= 0.6 is 0 Å². The molecule has 2 aromatic carbocycles. The topological polar surface area (TPSA) is 55.4 Å². The Kier molecular flexibility index (Phi) is 4.88. The third-order valence-electron chi connectivity index (χ3n) is 2.80. The van der Waals surface area contributed by atoms with Crippen molar-refractivity contribution in [2.24, 2.45) is 0 Å². The Labute approximate surface area is 123 Å². The van der Waals surface area contributed by atoms with Crippen molar-refractivity contribution in [2.45, 2.75) is 0 Å². The van der Waals surface area contributed by atoms with Gasteiger partial charge in [-0.15, -0.1) is 0 Å². The molecule has 2 rings (SSSR count). The molecule has 1 amide bonds. The molecule has 0 saturated heterocycles. The molecule has 0 heterocycles. The van der Waals surface area contributed by atoms with Gasteiger partial charge in [0.05, 0.1) is 7.11 Å². The van der Waals surface area contributed by atoms with E-state index in [9.17, 15) is 9.59 Å². The van der Waals surface area contributed by atoms with Crippen LogP contribution in [0.15, 0.2) is 66.4 Å². The Bertz CT molecular complexity index is 648. The lowest BCUT2D eigenvalue weighted by Crippen LogP contribution is -2.28. The highest BCUT2D eigenvalue weighted by Gasteiger charge is 2.14. The Morgan fingerprint density at radius 1 is 0.952 bits per heavy atom. The van der Waals surface area contributed by atoms with E-state index in [0.717, 1.165) is 5.56 Å². The third-order valence-corrected chi connectivity index (χ3v) is 2.80. The highest BCUT2D eigenvalue weighted by molar-refractivity contribution is 6.03. The van der Waals surface area contributed by atoms with E-state index in [1.165, 1.54) is 7.11 Å². The van der Waals surface area contributed by atoms with E-state index in [1.807, 2.05) is 36.4 Å². The summed E-state index contributed by atoms with van der Waals surface area (Å²) in [5.74, 6) is -0.952. The van der Waals surface area contributed by atoms with E-state index >= 15 is 0 Å². The molecule has 4 nitrogen and oxygen atoms in total. The molecule has 2 aromatic rings. The predicted octanol–water partition coefficient (Wildman–Crippen LogP) is 2.63. The van der Waals surface area contributed by atoms with Gasteiger partial charge < -0.3 is 10.1 Å². The second-order valence-electron chi connectivity index (χ2n) is 4.28. The maximum Gasteiger partial charge on any atom is 0.354 e. The molecule has 0 aromatic heterocycles. The van der Waals surface area contributed by atoms with Gasteiger partial charge in [-0.2, -0.15) is 0 Å². The molecule has 1 N–H and O–H groups in total. The van der Waals surface area contributed by atoms with Gasteiger partial charge in [0.2, 0.25) is 0 Å². The number of hydrogen-bond acceptors (Lipinski definition) is 3. The number of ether oxygens (including phenoxy) is 1. The first-order valence-electron chi connectivity index (χ1n) is 6.42. The lowest BCUT2D eigenvalue weighted by Gasteiger charge is -2.08. The summed E-state index contributed by atoms with van der Waals surface area (Å²) >= 11 is 0. The van der Waals surface area contributed by atoms with Crippen molar-refractivity contribution in [1.29, 1.82) is 0 Å². The molecule has 106 valence electrons. The molecule has 0 atom stereocenters. The average molecular weight is 281 g/mol. The predicted molar refractivity (Wildman–Crippen MR) is 80.3 cm³/mol. The van der Waals surface area contributed by atoms with Crippen molar-refractivity contribution >= 4 is 18.0 Å². The van der Waals surface area contributed by atoms with Gasteiger partial charge >= 0.3 is 5.97 Å². The minimum Gasteiger partial charge on any atom is -0.464 e. The Hall–Kier alpha value is -2.88. The molecular formula is C17H15NO3. The number of methoxy groups -OCH3 is 1. The molecule has 0 aliphatic carbocycles. The first-order chi connectivity index (χ1) is 10.2. The van der Waals surface area contributed by atoms with E-state index in [-0.39, 0.29) is 11.6 Å². The van der Waals surface area contributed by atoms with Gasteiger partial charge in [-0.05, 0) is 23.8 Å². The van der Waals surface area contributed by atoms with Crippen LogP contribution in [0.2, 0.25) is 0 Å². The van der Waals surface area contributed by atoms with Crippen LogP contribution in [0.3, 0.4) is 0 Å². The van der Waals surface area contributed by atoms with Gasteiger partial charge in [0.1, 0.15) is 5.70 Å². The maximum absolute atomic E-state index is 12.1. The largest absolute Gasteiger partial charge is 0.464 e. The first kappa shape index (κ1) is 14.5. The quantitative estimate of drug-likeness (QED) is 0.692. The standard InChI is InChI=1S/C17H15NO3/c1-21-17(20)15(12-13-8-4-2-5-9-13)18-16(19)14-10-6-3-7-11-14/h2-12H,1H3,(H,18,19)/b15-12+. The number of hydrogen-bond donors (Lipinski definition) is 1. The summed E-state index contributed by atoms with van der Waals surface area (Å²) in [6, 6.07) is 17.9. The van der Waals surface area contributed by atoms with Crippen molar-refractivity contribution in [1.82, 2.24) is 5.32 Å². The minimum atomic E-state index is -0.594. The molecular weight excluding hydrogens is 266 g/mol. The van der Waals surface area contributed by atoms with Gasteiger partial charge in [-0.25, -0.2) is 4.79 Å². The van der Waals surface area contributed by atoms with Gasteiger partial charge in [-0.3, -0.25) is 4.79 Å². The lowest BCUT2D eigenvalue weighted by atomic mass is 10.1. The second-order valence-corrected chi connectivity index (χ2v) is 4.28. The smallest absolute Gasteiger partial charge is 0.354 e. The maximum atomic E-state index is 12.1. The third kappa shape index (κ3) is 4.04. The van der Waals surface area contributed by atoms with Crippen LogP contribution in [0.1, 0.15) is 15.9 Å². The molecule has 0 fully saturated rings. The van der Waals surface area contributed by atoms with Crippen molar-refractivity contribution in [2.75, 3.05) is 7.11 Å². The summed E-state index contributed by atoms with van der Waals surface area (Å²) in [6.45, 7) is 0. The zero-order valence-corrected chi connectivity index (χ0v) is 11.6. The second kappa shape index (κ2) is 7.05. The van der Waals surface area contributed by atoms with Crippen LogP contribution in [0, 0.1) is 0 Å². The van der Waals surface area contributed by atoms with Gasteiger partial charge in [0.25, 0.3) is 5.91 Å². The summed E-state index contributed by atoms with van der Waals surface area (Å²) in [7, 11) is 1.27. The van der Waals surface area contributed by atoms with Crippen LogP contribution in [-0.2, 0) is 9.53 Å². The molecule has 0 bridgehead atoms. The molecule has 0 saturated carbocycles. The van der Waals surface area contributed by atoms with Crippen LogP contribution in [0.5, 0.6) is 0 Å². The Balaban J connectivity index is 2.24. The van der Waals surface area contributed by atoms with E-state index < -0.39 is 5.97 Å². The van der Waals surface area contributed by atoms with Gasteiger partial charge in [-0.1, -0.05) is 48.5 Å². The first-order valence-corrected chi connectivity index (χ1v) is 6.42. The van der Waals surface area contributed by atoms with Gasteiger partial charge in [0.15, 0.2) is 0 Å². The number of benzene rings is 2. The lowest BCUT2D eigenvalue weighted by molar-refractivity contribution is -0.136. The van der Waals surface area contributed by atoms with Crippen LogP contribution in [-0.4, -0.2) is 19.0 Å². The highest BCUT2D eigenvalue weighted by atomic mass is 16.5. The van der Waals surface area contributed by atoms with E-state index in [0.29, 0.717) is 5.56 Å². The summed E-state index contributed by atoms with van der Waals surface area (Å²) in [4.78, 5) is 23.9. The number of rotatable bonds is 4. The van der Waals surface area contributed by atoms with Crippen molar-refractivity contribution in [3.8, 4) is 0 Å². The van der Waals surface area contributed by atoms with Crippen LogP contribution < -0.4 is 5.32 Å². The number of amides is 1. The minimum absolute atomic E-state index is 0.0950. The zero-order valence-electron chi connectivity index (χ0n) is 11.6.